The summed E-state index contributed by atoms with van der Waals surface area (Å²) in [5, 5.41) is 0.824. The van der Waals surface area contributed by atoms with Crippen LogP contribution in [-0.4, -0.2) is 34.9 Å². The summed E-state index contributed by atoms with van der Waals surface area (Å²) in [6.45, 7) is 3.00. The number of fused-ring (bicyclic) bond motifs is 3. The second-order valence-corrected chi connectivity index (χ2v) is 8.55. The SMILES string of the molecule is Cc1ccc2nc3c(c(C(=O)OCC(=O)N4CCc5ccccc5C4)c2c1)CCCC3. The Morgan fingerprint density at radius 1 is 1.03 bits per heavy atom. The fraction of sp³-hybridized carbons (Fsp3) is 0.346. The van der Waals surface area contributed by atoms with Crippen LogP contribution in [0.2, 0.25) is 0 Å². The third-order valence-corrected chi connectivity index (χ3v) is 6.43. The van der Waals surface area contributed by atoms with Gasteiger partial charge in [0.1, 0.15) is 0 Å². The van der Waals surface area contributed by atoms with E-state index in [-0.39, 0.29) is 12.5 Å². The predicted octanol–water partition coefficient (Wildman–Crippen LogP) is 4.16. The topological polar surface area (TPSA) is 59.5 Å². The van der Waals surface area contributed by atoms with Gasteiger partial charge in [0.2, 0.25) is 0 Å². The highest BCUT2D eigenvalue weighted by Gasteiger charge is 2.26. The smallest absolute Gasteiger partial charge is 0.339 e. The summed E-state index contributed by atoms with van der Waals surface area (Å²) in [7, 11) is 0. The number of aryl methyl sites for hydroxylation is 2. The van der Waals surface area contributed by atoms with E-state index in [1.54, 1.807) is 4.90 Å². The molecule has 0 radical (unpaired) electrons. The fourth-order valence-electron chi connectivity index (χ4n) is 4.77. The molecule has 0 fully saturated rings. The van der Waals surface area contributed by atoms with Crippen LogP contribution in [-0.2, 0) is 35.3 Å². The molecule has 1 aliphatic carbocycles. The number of aromatic nitrogens is 1. The van der Waals surface area contributed by atoms with Gasteiger partial charge in [-0.1, -0.05) is 35.9 Å². The van der Waals surface area contributed by atoms with Crippen molar-refractivity contribution in [3.05, 3.63) is 76.0 Å². The number of carbonyl (C=O) groups is 2. The standard InChI is InChI=1S/C26H26N2O3/c1-17-10-11-23-21(14-17)25(20-8-4-5-9-22(20)27-23)26(30)31-16-24(29)28-13-12-18-6-2-3-7-19(18)15-28/h2-3,6-7,10-11,14H,4-5,8-9,12-13,15-16H2,1H3. The molecule has 3 aromatic rings. The number of esters is 1. The third-order valence-electron chi connectivity index (χ3n) is 6.43. The predicted molar refractivity (Wildman–Crippen MR) is 119 cm³/mol. The van der Waals surface area contributed by atoms with Gasteiger partial charge in [0.25, 0.3) is 5.91 Å². The number of carbonyl (C=O) groups excluding carboxylic acids is 2. The first-order chi connectivity index (χ1) is 15.1. The highest BCUT2D eigenvalue weighted by molar-refractivity contribution is 6.05. The van der Waals surface area contributed by atoms with E-state index in [1.165, 1.54) is 5.56 Å². The molecule has 0 atom stereocenters. The molecule has 0 spiro atoms. The minimum atomic E-state index is -0.415. The average molecular weight is 415 g/mol. The number of hydrogen-bond donors (Lipinski definition) is 0. The van der Waals surface area contributed by atoms with Gasteiger partial charge in [0.05, 0.1) is 11.1 Å². The van der Waals surface area contributed by atoms with Crippen LogP contribution >= 0.6 is 0 Å². The van der Waals surface area contributed by atoms with Gasteiger partial charge in [-0.2, -0.15) is 0 Å². The lowest BCUT2D eigenvalue weighted by Gasteiger charge is -2.28. The Bertz CT molecular complexity index is 1180. The van der Waals surface area contributed by atoms with Gasteiger partial charge in [0, 0.05) is 24.2 Å². The molecule has 1 amide bonds. The Hall–Kier alpha value is -3.21. The maximum absolute atomic E-state index is 13.2. The second kappa shape index (κ2) is 8.14. The first kappa shape index (κ1) is 19.7. The third kappa shape index (κ3) is 3.80. The van der Waals surface area contributed by atoms with Gasteiger partial charge in [-0.05, 0) is 67.9 Å². The van der Waals surface area contributed by atoms with Crippen molar-refractivity contribution in [3.8, 4) is 0 Å². The Balaban J connectivity index is 1.37. The first-order valence-corrected chi connectivity index (χ1v) is 11.0. The molecule has 1 aliphatic heterocycles. The van der Waals surface area contributed by atoms with Crippen molar-refractivity contribution in [1.29, 1.82) is 0 Å². The van der Waals surface area contributed by atoms with Crippen LogP contribution in [0.4, 0.5) is 0 Å². The minimum Gasteiger partial charge on any atom is -0.452 e. The number of rotatable bonds is 3. The molecule has 0 saturated carbocycles. The maximum atomic E-state index is 13.2. The van der Waals surface area contributed by atoms with E-state index >= 15 is 0 Å². The molecule has 2 aromatic carbocycles. The van der Waals surface area contributed by atoms with Gasteiger partial charge in [0.15, 0.2) is 6.61 Å². The summed E-state index contributed by atoms with van der Waals surface area (Å²) < 4.78 is 5.59. The lowest BCUT2D eigenvalue weighted by Crippen LogP contribution is -2.38. The van der Waals surface area contributed by atoms with Crippen molar-refractivity contribution in [1.82, 2.24) is 9.88 Å². The van der Waals surface area contributed by atoms with E-state index in [0.717, 1.165) is 65.4 Å². The molecule has 0 bridgehead atoms. The zero-order valence-electron chi connectivity index (χ0n) is 17.8. The van der Waals surface area contributed by atoms with E-state index in [1.807, 2.05) is 37.3 Å². The number of nitrogens with zero attached hydrogens (tertiary/aromatic N) is 2. The number of ether oxygens (including phenoxy) is 1. The monoisotopic (exact) mass is 414 g/mol. The van der Waals surface area contributed by atoms with Gasteiger partial charge < -0.3 is 9.64 Å². The lowest BCUT2D eigenvalue weighted by molar-refractivity contribution is -0.135. The van der Waals surface area contributed by atoms with Crippen molar-refractivity contribution in [2.75, 3.05) is 13.2 Å². The van der Waals surface area contributed by atoms with Crippen molar-refractivity contribution < 1.29 is 14.3 Å². The van der Waals surface area contributed by atoms with Crippen molar-refractivity contribution in [2.24, 2.45) is 0 Å². The number of benzene rings is 2. The molecule has 5 heteroatoms. The highest BCUT2D eigenvalue weighted by atomic mass is 16.5. The minimum absolute atomic E-state index is 0.147. The highest BCUT2D eigenvalue weighted by Crippen LogP contribution is 2.30. The maximum Gasteiger partial charge on any atom is 0.339 e. The molecular weight excluding hydrogens is 388 g/mol. The number of pyridine rings is 1. The van der Waals surface area contributed by atoms with E-state index in [4.69, 9.17) is 9.72 Å². The molecule has 5 rings (SSSR count). The molecule has 31 heavy (non-hydrogen) atoms. The zero-order chi connectivity index (χ0) is 21.4. The Morgan fingerprint density at radius 2 is 1.84 bits per heavy atom. The van der Waals surface area contributed by atoms with Crippen LogP contribution in [0.25, 0.3) is 10.9 Å². The summed E-state index contributed by atoms with van der Waals surface area (Å²) in [6, 6.07) is 14.2. The van der Waals surface area contributed by atoms with Crippen LogP contribution in [0.3, 0.4) is 0 Å². The second-order valence-electron chi connectivity index (χ2n) is 8.55. The normalized spacial score (nSPS) is 15.3. The summed E-state index contributed by atoms with van der Waals surface area (Å²) >= 11 is 0. The molecule has 2 heterocycles. The molecule has 2 aliphatic rings. The van der Waals surface area contributed by atoms with Crippen LogP contribution in [0.1, 0.15) is 51.1 Å². The molecule has 158 valence electrons. The summed E-state index contributed by atoms with van der Waals surface area (Å²) in [6.07, 6.45) is 4.66. The van der Waals surface area contributed by atoms with Crippen LogP contribution in [0, 0.1) is 6.92 Å². The Kier molecular flexibility index (Phi) is 5.18. The fourth-order valence-corrected chi connectivity index (χ4v) is 4.77. The number of hydrogen-bond acceptors (Lipinski definition) is 4. The molecule has 0 saturated heterocycles. The lowest BCUT2D eigenvalue weighted by atomic mass is 9.89. The van der Waals surface area contributed by atoms with Gasteiger partial charge in [-0.25, -0.2) is 4.79 Å². The van der Waals surface area contributed by atoms with Crippen LogP contribution < -0.4 is 0 Å². The van der Waals surface area contributed by atoms with E-state index in [9.17, 15) is 9.59 Å². The van der Waals surface area contributed by atoms with Crippen LogP contribution in [0.5, 0.6) is 0 Å². The first-order valence-electron chi connectivity index (χ1n) is 11.0. The van der Waals surface area contributed by atoms with Crippen molar-refractivity contribution in [3.63, 3.8) is 0 Å². The average Bonchev–Trinajstić information content (AvgIpc) is 2.80. The quantitative estimate of drug-likeness (QED) is 0.604. The molecular formula is C26H26N2O3. The Morgan fingerprint density at radius 3 is 2.71 bits per heavy atom. The van der Waals surface area contributed by atoms with Crippen molar-refractivity contribution >= 4 is 22.8 Å². The van der Waals surface area contributed by atoms with E-state index < -0.39 is 5.97 Å². The number of amides is 1. The van der Waals surface area contributed by atoms with E-state index in [2.05, 4.69) is 12.1 Å². The largest absolute Gasteiger partial charge is 0.452 e. The molecule has 5 nitrogen and oxygen atoms in total. The molecule has 0 unspecified atom stereocenters. The van der Waals surface area contributed by atoms with E-state index in [0.29, 0.717) is 18.7 Å². The van der Waals surface area contributed by atoms with Gasteiger partial charge in [-0.3, -0.25) is 9.78 Å². The molecule has 1 aromatic heterocycles. The zero-order valence-corrected chi connectivity index (χ0v) is 17.8. The van der Waals surface area contributed by atoms with Crippen LogP contribution in [0.15, 0.2) is 42.5 Å². The van der Waals surface area contributed by atoms with Crippen molar-refractivity contribution in [2.45, 2.75) is 45.6 Å². The summed E-state index contributed by atoms with van der Waals surface area (Å²) in [5.41, 5.74) is 6.92. The van der Waals surface area contributed by atoms with Gasteiger partial charge >= 0.3 is 5.97 Å². The van der Waals surface area contributed by atoms with Gasteiger partial charge in [-0.15, -0.1) is 0 Å². The Labute approximate surface area is 182 Å². The molecule has 0 N–H and O–H groups in total. The summed E-state index contributed by atoms with van der Waals surface area (Å²) in [5.74, 6) is -0.562. The summed E-state index contributed by atoms with van der Waals surface area (Å²) in [4.78, 5) is 32.6.